The largest absolute Gasteiger partial charge is 0.478 e. The first kappa shape index (κ1) is 25.8. The van der Waals surface area contributed by atoms with Gasteiger partial charge in [-0.25, -0.2) is 4.79 Å². The molecule has 1 aliphatic heterocycles. The number of amides is 1. The van der Waals surface area contributed by atoms with Crippen molar-refractivity contribution in [3.63, 3.8) is 0 Å². The van der Waals surface area contributed by atoms with Crippen LogP contribution in [0.2, 0.25) is 0 Å². The molecule has 0 aromatic heterocycles. The molecular formula is C33H36N2O3. The molecule has 1 saturated heterocycles. The maximum absolute atomic E-state index is 13.7. The fraction of sp³-hybridized carbons (Fsp3) is 0.333. The smallest absolute Gasteiger partial charge is 0.328 e. The zero-order chi connectivity index (χ0) is 26.3. The standard InChI is InChI=1S/C33H36N2O3/c36-32(37)20-13-25-7-6-10-31(23-25)35(33(38)29-8-2-1-3-9-29)24-26-11-14-27(15-12-26)28-16-18-30(19-17-28)34-21-4-5-22-34/h6-7,10-20,23,29H,1-5,8-9,21-22,24H2,(H,36,37)/b20-13+. The van der Waals surface area contributed by atoms with Crippen molar-refractivity contribution in [3.8, 4) is 11.1 Å². The summed E-state index contributed by atoms with van der Waals surface area (Å²) < 4.78 is 0. The highest BCUT2D eigenvalue weighted by Gasteiger charge is 2.27. The molecule has 1 heterocycles. The number of nitrogens with zero attached hydrogens (tertiary/aromatic N) is 2. The second kappa shape index (κ2) is 12.1. The van der Waals surface area contributed by atoms with E-state index in [1.165, 1.54) is 30.5 Å². The first-order chi connectivity index (χ1) is 18.6. The van der Waals surface area contributed by atoms with E-state index in [2.05, 4.69) is 53.4 Å². The third-order valence-corrected chi connectivity index (χ3v) is 7.79. The zero-order valence-electron chi connectivity index (χ0n) is 21.9. The molecule has 0 spiro atoms. The number of anilines is 2. The van der Waals surface area contributed by atoms with Gasteiger partial charge < -0.3 is 14.9 Å². The van der Waals surface area contributed by atoms with Gasteiger partial charge >= 0.3 is 5.97 Å². The normalized spacial score (nSPS) is 16.2. The Hall–Kier alpha value is -3.86. The number of carbonyl (C=O) groups excluding carboxylic acids is 1. The summed E-state index contributed by atoms with van der Waals surface area (Å²) in [7, 11) is 0. The van der Waals surface area contributed by atoms with Crippen LogP contribution in [-0.4, -0.2) is 30.1 Å². The van der Waals surface area contributed by atoms with Crippen molar-refractivity contribution in [2.24, 2.45) is 5.92 Å². The highest BCUT2D eigenvalue weighted by molar-refractivity contribution is 5.95. The number of hydrogen-bond donors (Lipinski definition) is 1. The second-order valence-electron chi connectivity index (χ2n) is 10.5. The van der Waals surface area contributed by atoms with Gasteiger partial charge in [0.25, 0.3) is 0 Å². The van der Waals surface area contributed by atoms with E-state index >= 15 is 0 Å². The summed E-state index contributed by atoms with van der Waals surface area (Å²) in [4.78, 5) is 29.0. The molecule has 1 N–H and O–H groups in total. The molecule has 38 heavy (non-hydrogen) atoms. The minimum absolute atomic E-state index is 0.0374. The molecule has 5 nitrogen and oxygen atoms in total. The van der Waals surface area contributed by atoms with Crippen molar-refractivity contribution in [1.29, 1.82) is 0 Å². The maximum Gasteiger partial charge on any atom is 0.328 e. The first-order valence-electron chi connectivity index (χ1n) is 13.8. The van der Waals surface area contributed by atoms with Crippen LogP contribution >= 0.6 is 0 Å². The Morgan fingerprint density at radius 2 is 1.50 bits per heavy atom. The lowest BCUT2D eigenvalue weighted by Gasteiger charge is -2.30. The van der Waals surface area contributed by atoms with Gasteiger partial charge in [0.1, 0.15) is 0 Å². The molecule has 1 amide bonds. The summed E-state index contributed by atoms with van der Waals surface area (Å²) in [6.07, 6.45) is 10.5. The lowest BCUT2D eigenvalue weighted by atomic mass is 9.88. The molecule has 2 fully saturated rings. The van der Waals surface area contributed by atoms with E-state index in [1.54, 1.807) is 6.08 Å². The summed E-state index contributed by atoms with van der Waals surface area (Å²) in [6.45, 7) is 2.77. The fourth-order valence-corrected chi connectivity index (χ4v) is 5.66. The Balaban J connectivity index is 1.36. The lowest BCUT2D eigenvalue weighted by molar-refractivity contribution is -0.131. The average molecular weight is 509 g/mol. The number of aliphatic carboxylic acids is 1. The summed E-state index contributed by atoms with van der Waals surface area (Å²) in [6, 6.07) is 24.9. The molecule has 3 aromatic rings. The number of carboxylic acids is 1. The van der Waals surface area contributed by atoms with Gasteiger partial charge in [-0.05, 0) is 78.3 Å². The monoisotopic (exact) mass is 508 g/mol. The van der Waals surface area contributed by atoms with Crippen molar-refractivity contribution in [2.75, 3.05) is 22.9 Å². The molecule has 5 rings (SSSR count). The molecule has 5 heteroatoms. The molecular weight excluding hydrogens is 472 g/mol. The van der Waals surface area contributed by atoms with Crippen LogP contribution in [0, 0.1) is 5.92 Å². The molecule has 0 bridgehead atoms. The number of rotatable bonds is 8. The maximum atomic E-state index is 13.7. The van der Waals surface area contributed by atoms with Crippen molar-refractivity contribution in [1.82, 2.24) is 0 Å². The van der Waals surface area contributed by atoms with E-state index in [4.69, 9.17) is 5.11 Å². The Morgan fingerprint density at radius 3 is 2.16 bits per heavy atom. The lowest BCUT2D eigenvalue weighted by Crippen LogP contribution is -2.36. The van der Waals surface area contributed by atoms with Crippen LogP contribution in [0.15, 0.2) is 78.9 Å². The van der Waals surface area contributed by atoms with Crippen molar-refractivity contribution in [3.05, 3.63) is 90.0 Å². The minimum Gasteiger partial charge on any atom is -0.478 e. The molecule has 1 saturated carbocycles. The Labute approximate surface area is 225 Å². The zero-order valence-corrected chi connectivity index (χ0v) is 21.9. The topological polar surface area (TPSA) is 60.9 Å². The van der Waals surface area contributed by atoms with Crippen molar-refractivity contribution in [2.45, 2.75) is 51.5 Å². The fourth-order valence-electron chi connectivity index (χ4n) is 5.66. The van der Waals surface area contributed by atoms with Gasteiger partial charge in [0, 0.05) is 36.5 Å². The Kier molecular flexibility index (Phi) is 8.22. The molecule has 3 aromatic carbocycles. The molecule has 196 valence electrons. The van der Waals surface area contributed by atoms with Gasteiger partial charge in [-0.2, -0.15) is 0 Å². The molecule has 2 aliphatic rings. The predicted molar refractivity (Wildman–Crippen MR) is 154 cm³/mol. The SMILES string of the molecule is O=C(O)/C=C/c1cccc(N(Cc2ccc(-c3ccc(N4CCCC4)cc3)cc2)C(=O)C2CCCCC2)c1. The number of carboxylic acid groups (broad SMARTS) is 1. The summed E-state index contributed by atoms with van der Waals surface area (Å²) in [5.41, 5.74) is 6.27. The van der Waals surface area contributed by atoms with Crippen LogP contribution in [0.25, 0.3) is 17.2 Å². The highest BCUT2D eigenvalue weighted by Crippen LogP contribution is 2.30. The van der Waals surface area contributed by atoms with E-state index in [0.29, 0.717) is 6.54 Å². The van der Waals surface area contributed by atoms with Gasteiger partial charge in [-0.15, -0.1) is 0 Å². The minimum atomic E-state index is -0.990. The van der Waals surface area contributed by atoms with E-state index in [1.807, 2.05) is 29.2 Å². The van der Waals surface area contributed by atoms with Crippen LogP contribution in [0.3, 0.4) is 0 Å². The van der Waals surface area contributed by atoms with Crippen molar-refractivity contribution < 1.29 is 14.7 Å². The van der Waals surface area contributed by atoms with Crippen LogP contribution in [0.5, 0.6) is 0 Å². The average Bonchev–Trinajstić information content (AvgIpc) is 3.51. The van der Waals surface area contributed by atoms with E-state index in [9.17, 15) is 9.59 Å². The van der Waals surface area contributed by atoms with E-state index < -0.39 is 5.97 Å². The van der Waals surface area contributed by atoms with E-state index in [-0.39, 0.29) is 11.8 Å². The summed E-state index contributed by atoms with van der Waals surface area (Å²) in [5.74, 6) is -0.794. The molecule has 0 unspecified atom stereocenters. The second-order valence-corrected chi connectivity index (χ2v) is 10.5. The molecule has 1 aliphatic carbocycles. The Bertz CT molecular complexity index is 1270. The van der Waals surface area contributed by atoms with Gasteiger partial charge in [0.15, 0.2) is 0 Å². The van der Waals surface area contributed by atoms with Gasteiger partial charge in [-0.1, -0.05) is 67.8 Å². The van der Waals surface area contributed by atoms with Crippen LogP contribution in [0.1, 0.15) is 56.1 Å². The van der Waals surface area contributed by atoms with Crippen LogP contribution in [-0.2, 0) is 16.1 Å². The van der Waals surface area contributed by atoms with E-state index in [0.717, 1.165) is 67.2 Å². The number of hydrogen-bond acceptors (Lipinski definition) is 3. The molecule has 0 radical (unpaired) electrons. The van der Waals surface area contributed by atoms with Crippen LogP contribution < -0.4 is 9.80 Å². The predicted octanol–water partition coefficient (Wildman–Crippen LogP) is 7.17. The number of carbonyl (C=O) groups is 2. The van der Waals surface area contributed by atoms with Gasteiger partial charge in [0.2, 0.25) is 5.91 Å². The van der Waals surface area contributed by atoms with Gasteiger partial charge in [0.05, 0.1) is 6.54 Å². The van der Waals surface area contributed by atoms with Crippen molar-refractivity contribution >= 4 is 29.3 Å². The third-order valence-electron chi connectivity index (χ3n) is 7.79. The summed E-state index contributed by atoms with van der Waals surface area (Å²) in [5, 5.41) is 9.02. The number of benzene rings is 3. The van der Waals surface area contributed by atoms with Gasteiger partial charge in [-0.3, -0.25) is 4.79 Å². The van der Waals surface area contributed by atoms with Crippen LogP contribution in [0.4, 0.5) is 11.4 Å². The molecule has 0 atom stereocenters. The summed E-state index contributed by atoms with van der Waals surface area (Å²) >= 11 is 0. The first-order valence-corrected chi connectivity index (χ1v) is 13.8. The Morgan fingerprint density at radius 1 is 0.842 bits per heavy atom. The highest BCUT2D eigenvalue weighted by atomic mass is 16.4. The quantitative estimate of drug-likeness (QED) is 0.328. The third kappa shape index (κ3) is 6.34.